The summed E-state index contributed by atoms with van der Waals surface area (Å²) in [5.74, 6) is 0.818. The lowest BCUT2D eigenvalue weighted by molar-refractivity contribution is 0.307. The average Bonchev–Trinajstić information content (AvgIpc) is 2.34. The molecule has 0 N–H and O–H groups in total. The van der Waals surface area contributed by atoms with Crippen LogP contribution in [0.2, 0.25) is 0 Å². The summed E-state index contributed by atoms with van der Waals surface area (Å²) < 4.78 is 5.53. The van der Waals surface area contributed by atoms with E-state index in [1.165, 1.54) is 0 Å². The van der Waals surface area contributed by atoms with E-state index in [0.717, 1.165) is 25.0 Å². The van der Waals surface area contributed by atoms with Gasteiger partial charge >= 0.3 is 0 Å². The third kappa shape index (κ3) is 4.50. The van der Waals surface area contributed by atoms with Crippen molar-refractivity contribution in [1.29, 1.82) is 5.26 Å². The summed E-state index contributed by atoms with van der Waals surface area (Å²) in [6, 6.07) is 9.23. The van der Waals surface area contributed by atoms with E-state index in [1.807, 2.05) is 18.2 Å². The van der Waals surface area contributed by atoms with Gasteiger partial charge in [-0.3, -0.25) is 0 Å². The zero-order valence-corrected chi connectivity index (χ0v) is 9.28. The Hall–Kier alpha value is -1.97. The van der Waals surface area contributed by atoms with E-state index in [9.17, 15) is 0 Å². The van der Waals surface area contributed by atoms with Crippen LogP contribution in [0.25, 0.3) is 0 Å². The Balaban J connectivity index is 2.22. The van der Waals surface area contributed by atoms with Crippen molar-refractivity contribution in [3.63, 3.8) is 0 Å². The van der Waals surface area contributed by atoms with Crippen LogP contribution in [0.15, 0.2) is 42.7 Å². The fraction of sp³-hybridized carbons (Fsp3) is 0.286. The zero-order chi connectivity index (χ0) is 11.6. The molecule has 0 spiro atoms. The lowest BCUT2D eigenvalue weighted by Crippen LogP contribution is -1.96. The Morgan fingerprint density at radius 1 is 1.25 bits per heavy atom. The minimum Gasteiger partial charge on any atom is -0.494 e. The second kappa shape index (κ2) is 7.34. The number of ether oxygens (including phenoxy) is 1. The molecule has 0 fully saturated rings. The molecular weight excluding hydrogens is 198 g/mol. The van der Waals surface area contributed by atoms with Gasteiger partial charge in [0, 0.05) is 0 Å². The second-order valence-corrected chi connectivity index (χ2v) is 3.39. The van der Waals surface area contributed by atoms with E-state index in [0.29, 0.717) is 12.2 Å². The Kier molecular flexibility index (Phi) is 5.55. The minimum atomic E-state index is 0.656. The van der Waals surface area contributed by atoms with Crippen LogP contribution in [0.1, 0.15) is 24.8 Å². The standard InChI is InChI=1S/C14H15NO/c1-2-3-4-5-6-11-16-14-9-7-13(12-15)8-10-14/h3,7-10H,1,4-6,11H2. The van der Waals surface area contributed by atoms with Crippen LogP contribution in [-0.4, -0.2) is 6.61 Å². The number of hydrogen-bond donors (Lipinski definition) is 0. The molecule has 0 aromatic heterocycles. The lowest BCUT2D eigenvalue weighted by atomic mass is 10.2. The molecule has 0 aliphatic carbocycles. The predicted molar refractivity (Wildman–Crippen MR) is 64.2 cm³/mol. The minimum absolute atomic E-state index is 0.656. The van der Waals surface area contributed by atoms with Gasteiger partial charge in [0.25, 0.3) is 0 Å². The largest absolute Gasteiger partial charge is 0.494 e. The molecule has 0 heterocycles. The molecule has 0 saturated carbocycles. The van der Waals surface area contributed by atoms with Gasteiger partial charge in [0.1, 0.15) is 5.75 Å². The van der Waals surface area contributed by atoms with Gasteiger partial charge in [-0.15, -0.1) is 5.73 Å². The molecule has 82 valence electrons. The highest BCUT2D eigenvalue weighted by molar-refractivity contribution is 5.34. The molecular formula is C14H15NO. The maximum atomic E-state index is 8.62. The van der Waals surface area contributed by atoms with Gasteiger partial charge in [-0.1, -0.05) is 6.58 Å². The van der Waals surface area contributed by atoms with Gasteiger partial charge in [-0.2, -0.15) is 5.26 Å². The van der Waals surface area contributed by atoms with E-state index in [1.54, 1.807) is 12.1 Å². The molecule has 0 atom stereocenters. The molecule has 0 unspecified atom stereocenters. The van der Waals surface area contributed by atoms with Crippen LogP contribution < -0.4 is 4.74 Å². The van der Waals surface area contributed by atoms with Crippen molar-refractivity contribution in [1.82, 2.24) is 0 Å². The molecule has 0 radical (unpaired) electrons. The molecule has 1 aromatic rings. The molecule has 1 aromatic carbocycles. The van der Waals surface area contributed by atoms with Crippen LogP contribution >= 0.6 is 0 Å². The highest BCUT2D eigenvalue weighted by Crippen LogP contribution is 2.12. The summed E-state index contributed by atoms with van der Waals surface area (Å²) in [5, 5.41) is 8.62. The summed E-state index contributed by atoms with van der Waals surface area (Å²) in [6.07, 6.45) is 5.03. The van der Waals surface area contributed by atoms with Crippen molar-refractivity contribution >= 4 is 0 Å². The van der Waals surface area contributed by atoms with Crippen molar-refractivity contribution < 1.29 is 4.74 Å². The van der Waals surface area contributed by atoms with Gasteiger partial charge in [0.15, 0.2) is 0 Å². The quantitative estimate of drug-likeness (QED) is 0.535. The molecule has 2 heteroatoms. The van der Waals surface area contributed by atoms with Crippen molar-refractivity contribution in [2.24, 2.45) is 0 Å². The first-order valence-electron chi connectivity index (χ1n) is 5.34. The van der Waals surface area contributed by atoms with Gasteiger partial charge in [-0.25, -0.2) is 0 Å². The van der Waals surface area contributed by atoms with Crippen LogP contribution in [0.3, 0.4) is 0 Å². The number of rotatable bonds is 6. The highest BCUT2D eigenvalue weighted by Gasteiger charge is 1.94. The maximum absolute atomic E-state index is 8.62. The SMILES string of the molecule is C=C=CCCCCOc1ccc(C#N)cc1. The van der Waals surface area contributed by atoms with E-state index >= 15 is 0 Å². The average molecular weight is 213 g/mol. The Morgan fingerprint density at radius 2 is 2.00 bits per heavy atom. The predicted octanol–water partition coefficient (Wildman–Crippen LogP) is 3.45. The van der Waals surface area contributed by atoms with E-state index in [2.05, 4.69) is 18.4 Å². The van der Waals surface area contributed by atoms with Crippen LogP contribution in [0.5, 0.6) is 5.75 Å². The Bertz CT molecular complexity index is 394. The monoisotopic (exact) mass is 213 g/mol. The van der Waals surface area contributed by atoms with E-state index in [-0.39, 0.29) is 0 Å². The van der Waals surface area contributed by atoms with Gasteiger partial charge in [0.05, 0.1) is 18.2 Å². The van der Waals surface area contributed by atoms with Gasteiger partial charge < -0.3 is 4.74 Å². The van der Waals surface area contributed by atoms with Crippen LogP contribution in [0, 0.1) is 11.3 Å². The van der Waals surface area contributed by atoms with Crippen LogP contribution in [-0.2, 0) is 0 Å². The molecule has 0 aliphatic rings. The summed E-state index contributed by atoms with van der Waals surface area (Å²) in [7, 11) is 0. The Morgan fingerprint density at radius 3 is 2.62 bits per heavy atom. The molecule has 0 aliphatic heterocycles. The maximum Gasteiger partial charge on any atom is 0.119 e. The number of nitrogens with zero attached hydrogens (tertiary/aromatic N) is 1. The third-order valence-electron chi connectivity index (χ3n) is 2.14. The topological polar surface area (TPSA) is 33.0 Å². The number of nitriles is 1. The summed E-state index contributed by atoms with van der Waals surface area (Å²) in [5.41, 5.74) is 3.40. The van der Waals surface area contributed by atoms with Crippen molar-refractivity contribution in [3.8, 4) is 11.8 Å². The fourth-order valence-electron chi connectivity index (χ4n) is 1.27. The van der Waals surface area contributed by atoms with Crippen molar-refractivity contribution in [2.75, 3.05) is 6.61 Å². The number of allylic oxidation sites excluding steroid dienone is 1. The lowest BCUT2D eigenvalue weighted by Gasteiger charge is -2.04. The van der Waals surface area contributed by atoms with Crippen molar-refractivity contribution in [3.05, 3.63) is 48.2 Å². The third-order valence-corrected chi connectivity index (χ3v) is 2.14. The molecule has 0 saturated heterocycles. The second-order valence-electron chi connectivity index (χ2n) is 3.39. The number of unbranched alkanes of at least 4 members (excludes halogenated alkanes) is 2. The first-order chi connectivity index (χ1) is 7.86. The first-order valence-corrected chi connectivity index (χ1v) is 5.34. The van der Waals surface area contributed by atoms with E-state index < -0.39 is 0 Å². The van der Waals surface area contributed by atoms with Crippen molar-refractivity contribution in [2.45, 2.75) is 19.3 Å². The smallest absolute Gasteiger partial charge is 0.119 e. The summed E-state index contributed by atoms with van der Waals surface area (Å²) in [4.78, 5) is 0. The molecule has 1 rings (SSSR count). The van der Waals surface area contributed by atoms with Gasteiger partial charge in [-0.05, 0) is 49.6 Å². The molecule has 0 amide bonds. The zero-order valence-electron chi connectivity index (χ0n) is 9.28. The summed E-state index contributed by atoms with van der Waals surface area (Å²) in [6.45, 7) is 4.21. The Labute approximate surface area is 96.5 Å². The molecule has 0 bridgehead atoms. The van der Waals surface area contributed by atoms with Crippen LogP contribution in [0.4, 0.5) is 0 Å². The molecule has 16 heavy (non-hydrogen) atoms. The fourth-order valence-corrected chi connectivity index (χ4v) is 1.27. The highest BCUT2D eigenvalue weighted by atomic mass is 16.5. The molecule has 2 nitrogen and oxygen atoms in total. The summed E-state index contributed by atoms with van der Waals surface area (Å²) >= 11 is 0. The van der Waals surface area contributed by atoms with E-state index in [4.69, 9.17) is 10.00 Å². The normalized spacial score (nSPS) is 8.94. The number of hydrogen-bond acceptors (Lipinski definition) is 2. The van der Waals surface area contributed by atoms with Gasteiger partial charge in [0.2, 0.25) is 0 Å². The number of benzene rings is 1. The first kappa shape index (κ1) is 12.1.